The van der Waals surface area contributed by atoms with Crippen LogP contribution in [-0.2, 0) is 23.4 Å². The van der Waals surface area contributed by atoms with Gasteiger partial charge in [-0.25, -0.2) is 18.9 Å². The van der Waals surface area contributed by atoms with E-state index in [0.29, 0.717) is 0 Å². The third kappa shape index (κ3) is 6.32. The molecule has 0 aliphatic carbocycles. The van der Waals surface area contributed by atoms with Crippen LogP contribution in [-0.4, -0.2) is 66.7 Å². The number of fused-ring (bicyclic) bond motifs is 1. The summed E-state index contributed by atoms with van der Waals surface area (Å²) in [6.45, 7) is 5.57. The van der Waals surface area contributed by atoms with Gasteiger partial charge in [-0.15, -0.1) is 0 Å². The lowest BCUT2D eigenvalue weighted by Crippen LogP contribution is -2.40. The van der Waals surface area contributed by atoms with Crippen molar-refractivity contribution in [1.29, 1.82) is 0 Å². The van der Waals surface area contributed by atoms with E-state index in [1.54, 1.807) is 32.0 Å². The minimum atomic E-state index is -4.33. The lowest BCUT2D eigenvalue weighted by molar-refractivity contribution is -0.149. The monoisotopic (exact) mass is 587 g/mol. The van der Waals surface area contributed by atoms with Gasteiger partial charge in [-0.05, 0) is 39.8 Å². The van der Waals surface area contributed by atoms with Gasteiger partial charge in [0.1, 0.15) is 29.8 Å². The molecule has 6 atom stereocenters. The maximum absolute atomic E-state index is 15.6. The van der Waals surface area contributed by atoms with Crippen molar-refractivity contribution in [1.82, 2.24) is 24.6 Å². The Morgan fingerprint density at radius 2 is 2.05 bits per heavy atom. The predicted octanol–water partition coefficient (Wildman–Crippen LogP) is 2.72. The quantitative estimate of drug-likeness (QED) is 0.181. The number of aryl methyl sites for hydroxylation is 1. The Labute approximate surface area is 227 Å². The number of ether oxygens (including phenoxy) is 2. The highest BCUT2D eigenvalue weighted by Gasteiger charge is 2.58. The molecule has 0 saturated carbocycles. The van der Waals surface area contributed by atoms with Crippen molar-refractivity contribution in [2.75, 3.05) is 6.61 Å². The molecule has 4 rings (SSSR count). The number of rotatable bonds is 10. The van der Waals surface area contributed by atoms with Crippen LogP contribution in [0.2, 0.25) is 0 Å². The van der Waals surface area contributed by atoms with Gasteiger partial charge in [0.15, 0.2) is 17.4 Å². The molecule has 2 aromatic heterocycles. The minimum absolute atomic E-state index is 0.0186. The van der Waals surface area contributed by atoms with Crippen LogP contribution in [0.25, 0.3) is 11.2 Å². The predicted molar refractivity (Wildman–Crippen MR) is 137 cm³/mol. The summed E-state index contributed by atoms with van der Waals surface area (Å²) in [4.78, 5) is 35.1. The molecule has 13 nitrogen and oxygen atoms in total. The fraction of sp³-hybridized carbons (Fsp3) is 0.478. The number of esters is 1. The van der Waals surface area contributed by atoms with E-state index in [1.807, 2.05) is 0 Å². The number of aliphatic hydroxyl groups is 1. The van der Waals surface area contributed by atoms with Gasteiger partial charge in [-0.1, -0.05) is 29.8 Å². The Bertz CT molecular complexity index is 1430. The summed E-state index contributed by atoms with van der Waals surface area (Å²) in [5.74, 6) is -0.324. The third-order valence-corrected chi connectivity index (χ3v) is 7.67. The molecule has 1 aromatic carbocycles. The highest BCUT2D eigenvalue weighted by Crippen LogP contribution is 2.49. The molecule has 39 heavy (non-hydrogen) atoms. The van der Waals surface area contributed by atoms with E-state index in [-0.39, 0.29) is 22.7 Å². The summed E-state index contributed by atoms with van der Waals surface area (Å²) in [6.07, 6.45) is -4.42. The molecular weight excluding hydrogens is 560 g/mol. The van der Waals surface area contributed by atoms with E-state index in [4.69, 9.17) is 30.1 Å². The number of imidazole rings is 1. The first kappa shape index (κ1) is 29.1. The zero-order valence-corrected chi connectivity index (χ0v) is 23.1. The molecule has 0 spiro atoms. The standard InChI is InChI=1S/C23H28ClFN5O8P/c1-12(2)36-21(33)13(3)29-39(34,38-15-8-6-5-7-9-15)35-10-16-18(31)23(24,25)22(37-16)30-11-26-17-19(30)27-14(4)28-20(17)32/h5-9,11-13,16,18,22,31H,10H2,1-4H3,(H,29,34)(H,27,28,32)/t13-,16-,18-,22-,23-,39?/m1/s1. The topological polar surface area (TPSA) is 167 Å². The zero-order valence-electron chi connectivity index (χ0n) is 21.4. The van der Waals surface area contributed by atoms with Crippen molar-refractivity contribution in [2.45, 2.75) is 63.4 Å². The van der Waals surface area contributed by atoms with Gasteiger partial charge in [0, 0.05) is 0 Å². The van der Waals surface area contributed by atoms with Crippen molar-refractivity contribution in [3.8, 4) is 5.75 Å². The summed E-state index contributed by atoms with van der Waals surface area (Å²) >= 11 is 6.07. The number of H-pyrrole nitrogens is 1. The molecule has 0 radical (unpaired) electrons. The van der Waals surface area contributed by atoms with Crippen LogP contribution in [0.4, 0.5) is 4.39 Å². The number of para-hydroxylation sites is 1. The largest absolute Gasteiger partial charge is 0.462 e. The van der Waals surface area contributed by atoms with Crippen LogP contribution >= 0.6 is 19.3 Å². The second-order valence-electron chi connectivity index (χ2n) is 9.16. The van der Waals surface area contributed by atoms with Crippen LogP contribution in [0.3, 0.4) is 0 Å². The number of carbonyl (C=O) groups excluding carboxylic acids is 1. The Morgan fingerprint density at radius 1 is 1.36 bits per heavy atom. The van der Waals surface area contributed by atoms with E-state index >= 15 is 4.39 Å². The number of carbonyl (C=O) groups is 1. The second kappa shape index (κ2) is 11.3. The summed E-state index contributed by atoms with van der Waals surface area (Å²) in [6, 6.07) is 6.87. The maximum Gasteiger partial charge on any atom is 0.459 e. The van der Waals surface area contributed by atoms with Crippen molar-refractivity contribution in [2.24, 2.45) is 0 Å². The number of halogens is 2. The average Bonchev–Trinajstić information content (AvgIpc) is 3.36. The highest BCUT2D eigenvalue weighted by molar-refractivity contribution is 7.52. The van der Waals surface area contributed by atoms with Crippen molar-refractivity contribution < 1.29 is 37.4 Å². The highest BCUT2D eigenvalue weighted by atomic mass is 35.5. The summed E-state index contributed by atoms with van der Waals surface area (Å²) < 4.78 is 52.2. The molecule has 1 aliphatic heterocycles. The Hall–Kier alpha value is -2.87. The van der Waals surface area contributed by atoms with Crippen molar-refractivity contribution >= 4 is 36.5 Å². The molecule has 212 valence electrons. The second-order valence-corrected chi connectivity index (χ2v) is 11.4. The summed E-state index contributed by atoms with van der Waals surface area (Å²) in [5, 5.41) is 10.2. The molecular formula is C23H28ClFN5O8P. The van der Waals surface area contributed by atoms with Crippen LogP contribution < -0.4 is 15.2 Å². The number of aliphatic hydroxyl groups excluding tert-OH is 1. The molecule has 1 unspecified atom stereocenters. The number of aromatic nitrogens is 4. The van der Waals surface area contributed by atoms with Gasteiger partial charge in [-0.3, -0.25) is 18.7 Å². The summed E-state index contributed by atoms with van der Waals surface area (Å²) in [5.41, 5.74) is -0.656. The fourth-order valence-electron chi connectivity index (χ4n) is 3.82. The van der Waals surface area contributed by atoms with Gasteiger partial charge < -0.3 is 24.1 Å². The molecule has 1 fully saturated rings. The van der Waals surface area contributed by atoms with Gasteiger partial charge in [0.25, 0.3) is 10.7 Å². The molecule has 3 heterocycles. The third-order valence-electron chi connectivity index (χ3n) is 5.62. The fourth-order valence-corrected chi connectivity index (χ4v) is 5.62. The molecule has 0 amide bonds. The van der Waals surface area contributed by atoms with Gasteiger partial charge in [0.05, 0.1) is 19.0 Å². The van der Waals surface area contributed by atoms with E-state index in [2.05, 4.69) is 20.0 Å². The molecule has 0 bridgehead atoms. The number of nitrogens with zero attached hydrogens (tertiary/aromatic N) is 3. The van der Waals surface area contributed by atoms with E-state index in [0.717, 1.165) is 10.9 Å². The Morgan fingerprint density at radius 3 is 2.72 bits per heavy atom. The molecule has 1 aliphatic rings. The van der Waals surface area contributed by atoms with Crippen LogP contribution in [0.5, 0.6) is 5.75 Å². The minimum Gasteiger partial charge on any atom is -0.462 e. The molecule has 3 N–H and O–H groups in total. The number of alkyl halides is 2. The van der Waals surface area contributed by atoms with Crippen LogP contribution in [0, 0.1) is 6.92 Å². The summed E-state index contributed by atoms with van der Waals surface area (Å²) in [7, 11) is -4.33. The van der Waals surface area contributed by atoms with Crippen molar-refractivity contribution in [3.63, 3.8) is 0 Å². The lowest BCUT2D eigenvalue weighted by Gasteiger charge is -2.25. The first-order valence-corrected chi connectivity index (χ1v) is 13.8. The van der Waals surface area contributed by atoms with E-state index < -0.39 is 61.6 Å². The first-order chi connectivity index (χ1) is 18.3. The van der Waals surface area contributed by atoms with Crippen molar-refractivity contribution in [3.05, 3.63) is 52.8 Å². The smallest absolute Gasteiger partial charge is 0.459 e. The molecule has 3 aromatic rings. The van der Waals surface area contributed by atoms with Crippen LogP contribution in [0.15, 0.2) is 41.5 Å². The molecule has 1 saturated heterocycles. The van der Waals surface area contributed by atoms with Gasteiger partial charge in [-0.2, -0.15) is 5.09 Å². The number of benzene rings is 1. The Balaban J connectivity index is 1.56. The normalized spacial score (nSPS) is 25.5. The number of hydrogen-bond acceptors (Lipinski definition) is 10. The SMILES string of the molecule is Cc1nc2c(ncn2[C@@H]2O[C@H](COP(=O)(N[C@H](C)C(=O)OC(C)C)Oc3ccccc3)[C@@H](O)[C@]2(F)Cl)c(=O)[nH]1. The van der Waals surface area contributed by atoms with Gasteiger partial charge in [0.2, 0.25) is 0 Å². The van der Waals surface area contributed by atoms with E-state index in [9.17, 15) is 19.3 Å². The maximum atomic E-state index is 15.6. The average molecular weight is 588 g/mol. The molecule has 16 heteroatoms. The Kier molecular flexibility index (Phi) is 8.45. The zero-order chi connectivity index (χ0) is 28.5. The number of hydrogen-bond donors (Lipinski definition) is 3. The van der Waals surface area contributed by atoms with Crippen LogP contribution in [0.1, 0.15) is 32.8 Å². The first-order valence-electron chi connectivity index (χ1n) is 11.9. The lowest BCUT2D eigenvalue weighted by atomic mass is 10.1. The number of aromatic amines is 1. The number of nitrogens with one attached hydrogen (secondary N) is 2. The van der Waals surface area contributed by atoms with Gasteiger partial charge >= 0.3 is 13.7 Å². The van der Waals surface area contributed by atoms with E-state index in [1.165, 1.54) is 26.0 Å².